The van der Waals surface area contributed by atoms with E-state index in [0.717, 1.165) is 5.56 Å². The minimum absolute atomic E-state index is 0.0723. The lowest BCUT2D eigenvalue weighted by atomic mass is 9.79. The van der Waals surface area contributed by atoms with Crippen molar-refractivity contribution < 1.29 is 18.9 Å². The maximum Gasteiger partial charge on any atom is 0.273 e. The zero-order chi connectivity index (χ0) is 20.4. The average molecular weight is 397 g/mol. The summed E-state index contributed by atoms with van der Waals surface area (Å²) in [7, 11) is 1.94. The highest BCUT2D eigenvalue weighted by atomic mass is 16.5. The van der Waals surface area contributed by atoms with Gasteiger partial charge < -0.3 is 14.7 Å². The minimum Gasteiger partial charge on any atom is -0.355 e. The number of benzene rings is 1. The predicted molar refractivity (Wildman–Crippen MR) is 103 cm³/mol. The number of rotatable bonds is 5. The topological polar surface area (TPSA) is 117 Å². The maximum absolute atomic E-state index is 12.3. The first-order valence-electron chi connectivity index (χ1n) is 9.61. The standard InChI is InChI=1S/C20H23N5O4/c1-25-10-14(11-25)19(27)23-22-18(26)13-7-15(8-13)21-20(28)16-9-17(29-24-16)12-5-3-2-4-6-12/h2-6,9,13-15H,7-8,10-11H2,1H3,(H,21,28)(H,22,26)(H,23,27)/t13-,15-. The quantitative estimate of drug-likeness (QED) is 0.635. The van der Waals surface area contributed by atoms with E-state index in [9.17, 15) is 14.4 Å². The number of hydrogen-bond acceptors (Lipinski definition) is 6. The summed E-state index contributed by atoms with van der Waals surface area (Å²) in [4.78, 5) is 38.3. The van der Waals surface area contributed by atoms with Crippen LogP contribution in [0.2, 0.25) is 0 Å². The third-order valence-electron chi connectivity index (χ3n) is 5.39. The number of amides is 3. The van der Waals surface area contributed by atoms with Crippen molar-refractivity contribution in [3.8, 4) is 11.3 Å². The fraction of sp³-hybridized carbons (Fsp3) is 0.400. The number of aromatic nitrogens is 1. The Labute approximate surface area is 167 Å². The number of hydrazine groups is 1. The normalized spacial score (nSPS) is 21.6. The molecule has 3 N–H and O–H groups in total. The molecule has 4 rings (SSSR count). The molecule has 1 aliphatic carbocycles. The number of carbonyl (C=O) groups excluding carboxylic acids is 3. The molecule has 2 aliphatic rings. The average Bonchev–Trinajstić information content (AvgIpc) is 3.17. The Balaban J connectivity index is 1.19. The highest BCUT2D eigenvalue weighted by Gasteiger charge is 2.37. The van der Waals surface area contributed by atoms with Gasteiger partial charge in [0.2, 0.25) is 11.8 Å². The van der Waals surface area contributed by atoms with Gasteiger partial charge in [-0.3, -0.25) is 25.2 Å². The second-order valence-electron chi connectivity index (χ2n) is 7.68. The van der Waals surface area contributed by atoms with Crippen molar-refractivity contribution in [3.63, 3.8) is 0 Å². The molecule has 0 atom stereocenters. The van der Waals surface area contributed by atoms with Gasteiger partial charge in [-0.2, -0.15) is 0 Å². The van der Waals surface area contributed by atoms with Crippen molar-refractivity contribution in [2.45, 2.75) is 18.9 Å². The fourth-order valence-corrected chi connectivity index (χ4v) is 3.52. The molecule has 2 fully saturated rings. The SMILES string of the molecule is CN1CC(C(=O)NNC(=O)[C@H]2C[C@H](NC(=O)c3cc(-c4ccccc4)on3)C2)C1. The van der Waals surface area contributed by atoms with Crippen molar-refractivity contribution in [1.82, 2.24) is 26.2 Å². The van der Waals surface area contributed by atoms with Gasteiger partial charge in [-0.05, 0) is 19.9 Å². The van der Waals surface area contributed by atoms with Crippen LogP contribution in [0.25, 0.3) is 11.3 Å². The molecule has 1 aromatic carbocycles. The molecule has 0 bridgehead atoms. The van der Waals surface area contributed by atoms with E-state index < -0.39 is 0 Å². The van der Waals surface area contributed by atoms with Crippen LogP contribution in [0, 0.1) is 11.8 Å². The number of likely N-dealkylation sites (tertiary alicyclic amines) is 1. The van der Waals surface area contributed by atoms with E-state index in [4.69, 9.17) is 4.52 Å². The van der Waals surface area contributed by atoms with Crippen molar-refractivity contribution in [2.75, 3.05) is 20.1 Å². The van der Waals surface area contributed by atoms with Crippen molar-refractivity contribution in [1.29, 1.82) is 0 Å². The van der Waals surface area contributed by atoms with E-state index >= 15 is 0 Å². The molecule has 2 heterocycles. The lowest BCUT2D eigenvalue weighted by molar-refractivity contribution is -0.137. The predicted octanol–water partition coefficient (Wildman–Crippen LogP) is 0.559. The van der Waals surface area contributed by atoms with E-state index in [1.807, 2.05) is 42.3 Å². The Morgan fingerprint density at radius 1 is 1.03 bits per heavy atom. The van der Waals surface area contributed by atoms with E-state index in [2.05, 4.69) is 21.3 Å². The highest BCUT2D eigenvalue weighted by Crippen LogP contribution is 2.28. The molecule has 1 aliphatic heterocycles. The van der Waals surface area contributed by atoms with Gasteiger partial charge in [0.15, 0.2) is 11.5 Å². The van der Waals surface area contributed by atoms with Gasteiger partial charge in [-0.15, -0.1) is 0 Å². The monoisotopic (exact) mass is 397 g/mol. The van der Waals surface area contributed by atoms with Gasteiger partial charge in [0.1, 0.15) is 0 Å². The van der Waals surface area contributed by atoms with Crippen LogP contribution in [0.5, 0.6) is 0 Å². The molecule has 1 saturated carbocycles. The number of hydrogen-bond donors (Lipinski definition) is 3. The minimum atomic E-state index is -0.331. The van der Waals surface area contributed by atoms with Gasteiger partial charge >= 0.3 is 0 Å². The molecule has 29 heavy (non-hydrogen) atoms. The van der Waals surface area contributed by atoms with Gasteiger partial charge in [-0.1, -0.05) is 35.5 Å². The first-order chi connectivity index (χ1) is 14.0. The van der Waals surface area contributed by atoms with Crippen LogP contribution >= 0.6 is 0 Å². The largest absolute Gasteiger partial charge is 0.355 e. The molecular weight excluding hydrogens is 374 g/mol. The number of nitrogens with one attached hydrogen (secondary N) is 3. The van der Waals surface area contributed by atoms with Gasteiger partial charge in [0.05, 0.1) is 5.92 Å². The maximum atomic E-state index is 12.3. The third-order valence-corrected chi connectivity index (χ3v) is 5.39. The molecule has 3 amide bonds. The Hall–Kier alpha value is -3.20. The summed E-state index contributed by atoms with van der Waals surface area (Å²) in [5, 5.41) is 6.68. The van der Waals surface area contributed by atoms with E-state index in [1.54, 1.807) is 6.07 Å². The molecule has 152 valence electrons. The van der Waals surface area contributed by atoms with Gasteiger partial charge in [0, 0.05) is 36.7 Å². The van der Waals surface area contributed by atoms with Crippen molar-refractivity contribution >= 4 is 17.7 Å². The first-order valence-corrected chi connectivity index (χ1v) is 9.61. The summed E-state index contributed by atoms with van der Waals surface area (Å²) in [6.07, 6.45) is 1.03. The first kappa shape index (κ1) is 19.1. The van der Waals surface area contributed by atoms with Crippen LogP contribution in [0.15, 0.2) is 40.9 Å². The Bertz CT molecular complexity index is 901. The number of nitrogens with zero attached hydrogens (tertiary/aromatic N) is 2. The summed E-state index contributed by atoms with van der Waals surface area (Å²) in [5.74, 6) is -0.513. The number of carbonyl (C=O) groups is 3. The lowest BCUT2D eigenvalue weighted by Gasteiger charge is -2.36. The summed E-state index contributed by atoms with van der Waals surface area (Å²) in [6.45, 7) is 1.40. The van der Waals surface area contributed by atoms with Crippen LogP contribution in [0.4, 0.5) is 0 Å². The van der Waals surface area contributed by atoms with Crippen molar-refractivity contribution in [3.05, 3.63) is 42.1 Å². The molecule has 1 saturated heterocycles. The van der Waals surface area contributed by atoms with Crippen LogP contribution in [0.1, 0.15) is 23.3 Å². The Morgan fingerprint density at radius 2 is 1.69 bits per heavy atom. The lowest BCUT2D eigenvalue weighted by Crippen LogP contribution is -2.57. The molecule has 2 aromatic rings. The Morgan fingerprint density at radius 3 is 2.34 bits per heavy atom. The third kappa shape index (κ3) is 4.29. The highest BCUT2D eigenvalue weighted by molar-refractivity contribution is 5.93. The molecule has 0 radical (unpaired) electrons. The van der Waals surface area contributed by atoms with Crippen LogP contribution in [0.3, 0.4) is 0 Å². The van der Waals surface area contributed by atoms with Gasteiger partial charge in [-0.25, -0.2) is 0 Å². The van der Waals surface area contributed by atoms with E-state index in [0.29, 0.717) is 31.7 Å². The molecule has 0 unspecified atom stereocenters. The van der Waals surface area contributed by atoms with Crippen molar-refractivity contribution in [2.24, 2.45) is 11.8 Å². The summed E-state index contributed by atoms with van der Waals surface area (Å²) >= 11 is 0. The summed E-state index contributed by atoms with van der Waals surface area (Å²) in [5.41, 5.74) is 6.00. The van der Waals surface area contributed by atoms with Crippen LogP contribution in [-0.2, 0) is 9.59 Å². The zero-order valence-electron chi connectivity index (χ0n) is 16.1. The van der Waals surface area contributed by atoms with Crippen LogP contribution in [-0.4, -0.2) is 54.0 Å². The summed E-state index contributed by atoms with van der Waals surface area (Å²) < 4.78 is 5.24. The molecular formula is C20H23N5O4. The van der Waals surface area contributed by atoms with E-state index in [1.165, 1.54) is 0 Å². The zero-order valence-corrected chi connectivity index (χ0v) is 16.1. The van der Waals surface area contributed by atoms with E-state index in [-0.39, 0.29) is 41.3 Å². The summed E-state index contributed by atoms with van der Waals surface area (Å²) in [6, 6.07) is 10.9. The second kappa shape index (κ2) is 8.04. The smallest absolute Gasteiger partial charge is 0.273 e. The van der Waals surface area contributed by atoms with Crippen LogP contribution < -0.4 is 16.2 Å². The second-order valence-corrected chi connectivity index (χ2v) is 7.68. The van der Waals surface area contributed by atoms with Gasteiger partial charge in [0.25, 0.3) is 5.91 Å². The molecule has 1 aromatic heterocycles. The molecule has 9 heteroatoms. The molecule has 0 spiro atoms. The Kier molecular flexibility index (Phi) is 5.30. The molecule has 9 nitrogen and oxygen atoms in total. The fourth-order valence-electron chi connectivity index (χ4n) is 3.52.